The fourth-order valence-corrected chi connectivity index (χ4v) is 3.64. The van der Waals surface area contributed by atoms with E-state index in [0.29, 0.717) is 17.7 Å². The zero-order valence-electron chi connectivity index (χ0n) is 13.1. The molecule has 2 fully saturated rings. The van der Waals surface area contributed by atoms with E-state index in [1.54, 1.807) is 0 Å². The molecule has 0 aromatic rings. The van der Waals surface area contributed by atoms with Crippen molar-refractivity contribution in [1.82, 2.24) is 9.80 Å². The predicted octanol–water partition coefficient (Wildman–Crippen LogP) is 2.26. The monoisotopic (exact) mass is 266 g/mol. The number of ketones is 1. The van der Waals surface area contributed by atoms with E-state index in [4.69, 9.17) is 0 Å². The standard InChI is InChI=1S/C16H30N2O/c1-12(2)13-5-6-16(19)14(9-13)10-18-8-7-15(11-18)17(3)4/h12-15H,5-11H2,1-4H3. The summed E-state index contributed by atoms with van der Waals surface area (Å²) in [5.41, 5.74) is 0. The second-order valence-electron chi connectivity index (χ2n) is 7.11. The topological polar surface area (TPSA) is 23.6 Å². The van der Waals surface area contributed by atoms with Crippen LogP contribution in [0.4, 0.5) is 0 Å². The molecule has 3 atom stereocenters. The Bertz CT molecular complexity index is 314. The van der Waals surface area contributed by atoms with E-state index in [0.717, 1.165) is 44.2 Å². The molecule has 1 heterocycles. The third-order valence-electron chi connectivity index (χ3n) is 5.20. The molecule has 0 N–H and O–H groups in total. The molecule has 0 bridgehead atoms. The second kappa shape index (κ2) is 6.36. The van der Waals surface area contributed by atoms with Crippen molar-refractivity contribution < 1.29 is 4.79 Å². The molecule has 1 aliphatic carbocycles. The third kappa shape index (κ3) is 3.79. The summed E-state index contributed by atoms with van der Waals surface area (Å²) in [7, 11) is 4.32. The van der Waals surface area contributed by atoms with Gasteiger partial charge in [0.25, 0.3) is 0 Å². The number of carbonyl (C=O) groups is 1. The molecule has 110 valence electrons. The van der Waals surface area contributed by atoms with Crippen LogP contribution in [0.15, 0.2) is 0 Å². The van der Waals surface area contributed by atoms with Gasteiger partial charge in [0.2, 0.25) is 0 Å². The largest absolute Gasteiger partial charge is 0.305 e. The second-order valence-corrected chi connectivity index (χ2v) is 7.11. The summed E-state index contributed by atoms with van der Waals surface area (Å²) in [4.78, 5) is 17.0. The number of Topliss-reactive ketones (excluding diaryl/α,β-unsaturated/α-hetero) is 1. The molecule has 3 heteroatoms. The summed E-state index contributed by atoms with van der Waals surface area (Å²) in [5.74, 6) is 2.31. The first kappa shape index (κ1) is 15.0. The molecule has 1 saturated carbocycles. The van der Waals surface area contributed by atoms with E-state index in [1.807, 2.05) is 0 Å². The Balaban J connectivity index is 1.86. The minimum absolute atomic E-state index is 0.307. The summed E-state index contributed by atoms with van der Waals surface area (Å²) >= 11 is 0. The number of carbonyl (C=O) groups excluding carboxylic acids is 1. The highest BCUT2D eigenvalue weighted by molar-refractivity contribution is 5.82. The molecule has 0 radical (unpaired) electrons. The molecule has 3 unspecified atom stereocenters. The van der Waals surface area contributed by atoms with Gasteiger partial charge in [-0.05, 0) is 51.7 Å². The Morgan fingerprint density at radius 1 is 1.32 bits per heavy atom. The van der Waals surface area contributed by atoms with Crippen molar-refractivity contribution >= 4 is 5.78 Å². The third-order valence-corrected chi connectivity index (χ3v) is 5.20. The molecule has 19 heavy (non-hydrogen) atoms. The van der Waals surface area contributed by atoms with Crippen LogP contribution in [-0.2, 0) is 4.79 Å². The quantitative estimate of drug-likeness (QED) is 0.780. The Hall–Kier alpha value is -0.410. The van der Waals surface area contributed by atoms with Crippen molar-refractivity contribution in [3.63, 3.8) is 0 Å². The van der Waals surface area contributed by atoms with Crippen LogP contribution in [0, 0.1) is 17.8 Å². The zero-order chi connectivity index (χ0) is 14.0. The smallest absolute Gasteiger partial charge is 0.137 e. The molecule has 2 aliphatic rings. The van der Waals surface area contributed by atoms with Gasteiger partial charge in [0, 0.05) is 31.5 Å². The van der Waals surface area contributed by atoms with Gasteiger partial charge in [-0.2, -0.15) is 0 Å². The number of nitrogens with zero attached hydrogens (tertiary/aromatic N) is 2. The Morgan fingerprint density at radius 3 is 2.63 bits per heavy atom. The highest BCUT2D eigenvalue weighted by Gasteiger charge is 2.33. The highest BCUT2D eigenvalue weighted by Crippen LogP contribution is 2.32. The van der Waals surface area contributed by atoms with Crippen LogP contribution in [0.5, 0.6) is 0 Å². The number of rotatable bonds is 4. The van der Waals surface area contributed by atoms with Crippen LogP contribution in [0.1, 0.15) is 39.5 Å². The van der Waals surface area contributed by atoms with E-state index < -0.39 is 0 Å². The van der Waals surface area contributed by atoms with Crippen LogP contribution in [0.3, 0.4) is 0 Å². The summed E-state index contributed by atoms with van der Waals surface area (Å²) in [6.45, 7) is 7.92. The number of likely N-dealkylation sites (N-methyl/N-ethyl adjacent to an activating group) is 1. The van der Waals surface area contributed by atoms with Crippen LogP contribution in [0.25, 0.3) is 0 Å². The van der Waals surface area contributed by atoms with Crippen LogP contribution in [0.2, 0.25) is 0 Å². The van der Waals surface area contributed by atoms with Crippen LogP contribution < -0.4 is 0 Å². The lowest BCUT2D eigenvalue weighted by atomic mass is 9.75. The maximum Gasteiger partial charge on any atom is 0.137 e. The first-order chi connectivity index (χ1) is 8.97. The number of hydrogen-bond acceptors (Lipinski definition) is 3. The van der Waals surface area contributed by atoms with E-state index in [2.05, 4.69) is 37.7 Å². The fourth-order valence-electron chi connectivity index (χ4n) is 3.64. The van der Waals surface area contributed by atoms with Gasteiger partial charge < -0.3 is 9.80 Å². The average molecular weight is 266 g/mol. The van der Waals surface area contributed by atoms with Crippen molar-refractivity contribution in [3.05, 3.63) is 0 Å². The first-order valence-electron chi connectivity index (χ1n) is 7.89. The summed E-state index contributed by atoms with van der Waals surface area (Å²) in [6, 6.07) is 0.680. The minimum Gasteiger partial charge on any atom is -0.305 e. The molecule has 1 aliphatic heterocycles. The molecular weight excluding hydrogens is 236 g/mol. The molecule has 0 amide bonds. The van der Waals surface area contributed by atoms with Gasteiger partial charge in [0.1, 0.15) is 5.78 Å². The van der Waals surface area contributed by atoms with E-state index >= 15 is 0 Å². The SMILES string of the molecule is CC(C)C1CCC(=O)C(CN2CCC(N(C)C)C2)C1. The highest BCUT2D eigenvalue weighted by atomic mass is 16.1. The fraction of sp³-hybridized carbons (Fsp3) is 0.938. The maximum absolute atomic E-state index is 12.1. The first-order valence-corrected chi connectivity index (χ1v) is 7.89. The van der Waals surface area contributed by atoms with Crippen molar-refractivity contribution in [2.75, 3.05) is 33.7 Å². The molecule has 0 aromatic carbocycles. The van der Waals surface area contributed by atoms with Crippen molar-refractivity contribution in [2.24, 2.45) is 17.8 Å². The predicted molar refractivity (Wildman–Crippen MR) is 79.2 cm³/mol. The summed E-state index contributed by atoms with van der Waals surface area (Å²) in [6.07, 6.45) is 4.31. The van der Waals surface area contributed by atoms with Crippen molar-refractivity contribution in [2.45, 2.75) is 45.6 Å². The van der Waals surface area contributed by atoms with Gasteiger partial charge in [0.05, 0.1) is 0 Å². The van der Waals surface area contributed by atoms with Gasteiger partial charge in [-0.25, -0.2) is 0 Å². The van der Waals surface area contributed by atoms with Crippen LogP contribution >= 0.6 is 0 Å². The Morgan fingerprint density at radius 2 is 2.05 bits per heavy atom. The van der Waals surface area contributed by atoms with E-state index in [9.17, 15) is 4.79 Å². The average Bonchev–Trinajstić information content (AvgIpc) is 2.80. The lowest BCUT2D eigenvalue weighted by Crippen LogP contribution is -2.38. The Kier molecular flexibility index (Phi) is 5.02. The van der Waals surface area contributed by atoms with Crippen molar-refractivity contribution in [1.29, 1.82) is 0 Å². The summed E-state index contributed by atoms with van der Waals surface area (Å²) in [5, 5.41) is 0. The van der Waals surface area contributed by atoms with Gasteiger partial charge in [-0.3, -0.25) is 4.79 Å². The molecule has 3 nitrogen and oxygen atoms in total. The normalized spacial score (nSPS) is 33.6. The van der Waals surface area contributed by atoms with E-state index in [-0.39, 0.29) is 0 Å². The summed E-state index contributed by atoms with van der Waals surface area (Å²) < 4.78 is 0. The minimum atomic E-state index is 0.307. The van der Waals surface area contributed by atoms with Gasteiger partial charge in [-0.1, -0.05) is 13.8 Å². The maximum atomic E-state index is 12.1. The van der Waals surface area contributed by atoms with Gasteiger partial charge in [-0.15, -0.1) is 0 Å². The molecule has 1 saturated heterocycles. The van der Waals surface area contributed by atoms with Crippen molar-refractivity contribution in [3.8, 4) is 0 Å². The zero-order valence-corrected chi connectivity index (χ0v) is 13.1. The lowest BCUT2D eigenvalue weighted by molar-refractivity contribution is -0.126. The van der Waals surface area contributed by atoms with E-state index in [1.165, 1.54) is 13.0 Å². The molecular formula is C16H30N2O. The molecule has 0 aromatic heterocycles. The Labute approximate surface area is 118 Å². The van der Waals surface area contributed by atoms with Gasteiger partial charge in [0.15, 0.2) is 0 Å². The lowest BCUT2D eigenvalue weighted by Gasteiger charge is -2.33. The molecule has 2 rings (SSSR count). The van der Waals surface area contributed by atoms with Crippen LogP contribution in [-0.4, -0.2) is 55.4 Å². The van der Waals surface area contributed by atoms with Gasteiger partial charge >= 0.3 is 0 Å². The number of likely N-dealkylation sites (tertiary alicyclic amines) is 1. The molecule has 0 spiro atoms. The number of hydrogen-bond donors (Lipinski definition) is 0.